The van der Waals surface area contributed by atoms with Gasteiger partial charge in [0.25, 0.3) is 0 Å². The van der Waals surface area contributed by atoms with Crippen molar-refractivity contribution in [2.75, 3.05) is 0 Å². The van der Waals surface area contributed by atoms with Gasteiger partial charge < -0.3 is 10.2 Å². The Bertz CT molecular complexity index is 971. The summed E-state index contributed by atoms with van der Waals surface area (Å²) in [7, 11) is 0. The molecule has 2 aromatic rings. The van der Waals surface area contributed by atoms with Gasteiger partial charge in [-0.15, -0.1) is 0 Å². The van der Waals surface area contributed by atoms with E-state index in [0.29, 0.717) is 23.3 Å². The summed E-state index contributed by atoms with van der Waals surface area (Å²) in [6.07, 6.45) is 13.6. The maximum absolute atomic E-state index is 10.2. The molecular formula is C30H38O2. The molecule has 0 heterocycles. The average Bonchev–Trinajstić information content (AvgIpc) is 2.80. The second-order valence-corrected chi connectivity index (χ2v) is 9.78. The number of phenolic OH excluding ortho intramolecular Hbond substituents is 2. The number of hydrogen-bond donors (Lipinski definition) is 2. The van der Waals surface area contributed by atoms with E-state index < -0.39 is 0 Å². The number of allylic oxidation sites excluding steroid dienone is 4. The lowest BCUT2D eigenvalue weighted by Gasteiger charge is -2.29. The summed E-state index contributed by atoms with van der Waals surface area (Å²) < 4.78 is 0. The van der Waals surface area contributed by atoms with Crippen molar-refractivity contribution in [3.8, 4) is 11.5 Å². The zero-order valence-electron chi connectivity index (χ0n) is 20.2. The second kappa shape index (κ2) is 9.57. The van der Waals surface area contributed by atoms with Gasteiger partial charge in [0, 0.05) is 0 Å². The molecule has 2 aliphatic rings. The Kier molecular flexibility index (Phi) is 6.79. The quantitative estimate of drug-likeness (QED) is 0.505. The highest BCUT2D eigenvalue weighted by Crippen LogP contribution is 2.42. The summed E-state index contributed by atoms with van der Waals surface area (Å²) in [5.74, 6) is 2.01. The van der Waals surface area contributed by atoms with Gasteiger partial charge in [0.1, 0.15) is 11.5 Å². The van der Waals surface area contributed by atoms with Gasteiger partial charge in [-0.1, -0.05) is 38.1 Å². The molecular weight excluding hydrogens is 392 g/mol. The highest BCUT2D eigenvalue weighted by atomic mass is 16.3. The number of rotatable bonds is 5. The van der Waals surface area contributed by atoms with E-state index in [4.69, 9.17) is 0 Å². The van der Waals surface area contributed by atoms with E-state index in [2.05, 4.69) is 52.0 Å². The van der Waals surface area contributed by atoms with Crippen LogP contribution in [0.1, 0.15) is 97.6 Å². The number of benzene rings is 2. The van der Waals surface area contributed by atoms with Crippen LogP contribution in [0.2, 0.25) is 0 Å². The van der Waals surface area contributed by atoms with Crippen LogP contribution < -0.4 is 0 Å². The van der Waals surface area contributed by atoms with E-state index in [1.54, 1.807) is 11.1 Å². The summed E-state index contributed by atoms with van der Waals surface area (Å²) in [5, 5.41) is 20.3. The summed E-state index contributed by atoms with van der Waals surface area (Å²) in [6.45, 7) is 8.48. The third kappa shape index (κ3) is 4.51. The summed E-state index contributed by atoms with van der Waals surface area (Å²) in [5.41, 5.74) is 10.5. The first kappa shape index (κ1) is 22.7. The van der Waals surface area contributed by atoms with Gasteiger partial charge in [0.2, 0.25) is 0 Å². The summed E-state index contributed by atoms with van der Waals surface area (Å²) in [4.78, 5) is 0. The second-order valence-electron chi connectivity index (χ2n) is 9.78. The molecule has 2 heteroatoms. The molecule has 2 atom stereocenters. The molecule has 2 unspecified atom stereocenters. The van der Waals surface area contributed by atoms with E-state index in [9.17, 15) is 10.2 Å². The maximum Gasteiger partial charge on any atom is 0.119 e. The van der Waals surface area contributed by atoms with E-state index in [1.165, 1.54) is 35.1 Å². The molecule has 0 bridgehead atoms. The maximum atomic E-state index is 10.2. The van der Waals surface area contributed by atoms with Crippen LogP contribution in [0.5, 0.6) is 11.5 Å². The molecule has 2 aliphatic carbocycles. The highest BCUT2D eigenvalue weighted by Gasteiger charge is 2.24. The molecule has 32 heavy (non-hydrogen) atoms. The number of aryl methyl sites for hydroxylation is 4. The monoisotopic (exact) mass is 430 g/mol. The summed E-state index contributed by atoms with van der Waals surface area (Å²) in [6, 6.07) is 8.38. The first-order chi connectivity index (χ1) is 15.4. The first-order valence-corrected chi connectivity index (χ1v) is 12.4. The van der Waals surface area contributed by atoms with Gasteiger partial charge in [-0.25, -0.2) is 0 Å². The van der Waals surface area contributed by atoms with Crippen molar-refractivity contribution >= 4 is 0 Å². The van der Waals surface area contributed by atoms with Gasteiger partial charge >= 0.3 is 0 Å². The van der Waals surface area contributed by atoms with E-state index >= 15 is 0 Å². The van der Waals surface area contributed by atoms with Gasteiger partial charge in [0.15, 0.2) is 0 Å². The molecule has 0 spiro atoms. The van der Waals surface area contributed by atoms with E-state index in [1.807, 2.05) is 12.1 Å². The van der Waals surface area contributed by atoms with Gasteiger partial charge in [-0.3, -0.25) is 0 Å². The molecule has 0 aromatic heterocycles. The van der Waals surface area contributed by atoms with Crippen molar-refractivity contribution in [1.82, 2.24) is 0 Å². The molecule has 0 radical (unpaired) electrons. The standard InChI is InChI=1S/C30H38O2/c1-5-21-17-27(19(3)15-29(21)31)25-11-7-23(8-12-25)24-9-13-26(14-10-24)28-18-22(6-2)30(32)16-20(28)4/h7,9,15-18,25-26,31-32H,5-6,8,10-14H2,1-4H3. The zero-order chi connectivity index (χ0) is 22.8. The topological polar surface area (TPSA) is 40.5 Å². The Morgan fingerprint density at radius 1 is 0.688 bits per heavy atom. The third-order valence-electron chi connectivity index (χ3n) is 7.81. The molecule has 0 fully saturated rings. The fourth-order valence-electron chi connectivity index (χ4n) is 5.78. The minimum absolute atomic E-state index is 0.442. The Hall–Kier alpha value is -2.48. The van der Waals surface area contributed by atoms with Crippen molar-refractivity contribution in [2.45, 2.75) is 90.9 Å². The lowest BCUT2D eigenvalue weighted by atomic mass is 9.76. The van der Waals surface area contributed by atoms with Crippen LogP contribution in [0.3, 0.4) is 0 Å². The van der Waals surface area contributed by atoms with Gasteiger partial charge in [-0.05, 0) is 134 Å². The molecule has 4 rings (SSSR count). The molecule has 2 aromatic carbocycles. The molecule has 0 saturated carbocycles. The fourth-order valence-corrected chi connectivity index (χ4v) is 5.78. The Labute approximate surface area is 193 Å². The molecule has 0 saturated heterocycles. The first-order valence-electron chi connectivity index (χ1n) is 12.4. The van der Waals surface area contributed by atoms with Crippen molar-refractivity contribution in [3.05, 3.63) is 80.9 Å². The van der Waals surface area contributed by atoms with Crippen LogP contribution in [0.4, 0.5) is 0 Å². The van der Waals surface area contributed by atoms with Crippen LogP contribution in [0.25, 0.3) is 0 Å². The zero-order valence-corrected chi connectivity index (χ0v) is 20.2. The Balaban J connectivity index is 1.46. The van der Waals surface area contributed by atoms with Crippen LogP contribution in [-0.4, -0.2) is 10.2 Å². The minimum atomic E-state index is 0.442. The molecule has 2 nitrogen and oxygen atoms in total. The lowest BCUT2D eigenvalue weighted by molar-refractivity contribution is 0.466. The van der Waals surface area contributed by atoms with Crippen LogP contribution in [-0.2, 0) is 12.8 Å². The molecule has 2 N–H and O–H groups in total. The summed E-state index contributed by atoms with van der Waals surface area (Å²) >= 11 is 0. The fraction of sp³-hybridized carbons (Fsp3) is 0.467. The van der Waals surface area contributed by atoms with Gasteiger partial charge in [0.05, 0.1) is 0 Å². The predicted molar refractivity (Wildman–Crippen MR) is 134 cm³/mol. The number of aromatic hydroxyl groups is 2. The minimum Gasteiger partial charge on any atom is -0.508 e. The predicted octanol–water partition coefficient (Wildman–Crippen LogP) is 7.93. The lowest BCUT2D eigenvalue weighted by Crippen LogP contribution is -2.11. The normalized spacial score (nSPS) is 21.2. The Morgan fingerprint density at radius 2 is 1.09 bits per heavy atom. The van der Waals surface area contributed by atoms with Gasteiger partial charge in [-0.2, -0.15) is 0 Å². The van der Waals surface area contributed by atoms with E-state index in [0.717, 1.165) is 49.7 Å². The largest absolute Gasteiger partial charge is 0.508 e. The molecule has 0 aliphatic heterocycles. The average molecular weight is 431 g/mol. The molecule has 0 amide bonds. The number of hydrogen-bond acceptors (Lipinski definition) is 2. The van der Waals surface area contributed by atoms with Crippen LogP contribution >= 0.6 is 0 Å². The van der Waals surface area contributed by atoms with Crippen molar-refractivity contribution < 1.29 is 10.2 Å². The SMILES string of the molecule is CCc1cc(C2CC=C(C3=CCC(c4cc(CC)c(O)cc4C)CC3)CC2)c(C)cc1O. The van der Waals surface area contributed by atoms with Crippen LogP contribution in [0, 0.1) is 13.8 Å². The van der Waals surface area contributed by atoms with Crippen molar-refractivity contribution in [3.63, 3.8) is 0 Å². The van der Waals surface area contributed by atoms with E-state index in [-0.39, 0.29) is 0 Å². The number of phenols is 2. The smallest absolute Gasteiger partial charge is 0.119 e. The Morgan fingerprint density at radius 3 is 1.41 bits per heavy atom. The highest BCUT2D eigenvalue weighted by molar-refractivity contribution is 5.46. The van der Waals surface area contributed by atoms with Crippen molar-refractivity contribution in [2.24, 2.45) is 0 Å². The van der Waals surface area contributed by atoms with Crippen LogP contribution in [0.15, 0.2) is 47.6 Å². The molecule has 170 valence electrons. The van der Waals surface area contributed by atoms with Crippen molar-refractivity contribution in [1.29, 1.82) is 0 Å². The third-order valence-corrected chi connectivity index (χ3v) is 7.81.